The molecule has 9 nitrogen and oxygen atoms in total. The van der Waals surface area contributed by atoms with Crippen molar-refractivity contribution in [2.45, 2.75) is 18.2 Å². The van der Waals surface area contributed by atoms with Crippen LogP contribution in [-0.2, 0) is 21.2 Å². The van der Waals surface area contributed by atoms with E-state index in [1.165, 1.54) is 13.0 Å². The third-order valence-corrected chi connectivity index (χ3v) is 6.38. The van der Waals surface area contributed by atoms with E-state index in [-0.39, 0.29) is 22.7 Å². The summed E-state index contributed by atoms with van der Waals surface area (Å²) in [6.45, 7) is 2.00. The molecule has 29 heavy (non-hydrogen) atoms. The van der Waals surface area contributed by atoms with Gasteiger partial charge in [-0.3, -0.25) is 4.79 Å². The molecule has 0 spiro atoms. The van der Waals surface area contributed by atoms with Gasteiger partial charge in [-0.25, -0.2) is 0 Å². The Hall–Kier alpha value is -3.11. The third kappa shape index (κ3) is 3.52. The molecule has 1 amide bonds. The van der Waals surface area contributed by atoms with Gasteiger partial charge in [0.1, 0.15) is 0 Å². The average Bonchev–Trinajstić information content (AvgIpc) is 3.26. The molecule has 0 saturated carbocycles. The number of hydrogen-bond acceptors (Lipinski definition) is 7. The minimum atomic E-state index is -4.05. The van der Waals surface area contributed by atoms with Gasteiger partial charge in [0, 0.05) is 29.9 Å². The number of nitrogen functional groups attached to an aromatic ring is 1. The lowest BCUT2D eigenvalue weighted by Crippen LogP contribution is -2.25. The number of halogens is 1. The molecule has 0 aliphatic carbocycles. The molecule has 0 radical (unpaired) electrons. The van der Waals surface area contributed by atoms with Gasteiger partial charge >= 0.3 is 0 Å². The lowest BCUT2D eigenvalue weighted by molar-refractivity contribution is -0.116. The molecule has 3 N–H and O–H groups in total. The molecule has 1 aliphatic rings. The zero-order valence-corrected chi connectivity index (χ0v) is 16.9. The number of carbonyl (C=O) groups excluding carboxylic acids is 1. The fraction of sp³-hybridized carbons (Fsp3) is 0.167. The molecule has 0 saturated heterocycles. The second kappa shape index (κ2) is 7.05. The highest BCUT2D eigenvalue weighted by Crippen LogP contribution is 2.31. The highest BCUT2D eigenvalue weighted by atomic mass is 35.5. The predicted molar refractivity (Wildman–Crippen MR) is 110 cm³/mol. The largest absolute Gasteiger partial charge is 0.367 e. The van der Waals surface area contributed by atoms with Crippen LogP contribution in [0.4, 0.5) is 23.3 Å². The summed E-state index contributed by atoms with van der Waals surface area (Å²) in [4.78, 5) is 17.3. The summed E-state index contributed by atoms with van der Waals surface area (Å²) in [6.07, 6.45) is 0.578. The summed E-state index contributed by atoms with van der Waals surface area (Å²) in [5, 5.41) is 7.45. The number of aromatic nitrogens is 3. The van der Waals surface area contributed by atoms with Crippen LogP contribution in [0.5, 0.6) is 0 Å². The van der Waals surface area contributed by atoms with E-state index in [1.54, 1.807) is 41.3 Å². The quantitative estimate of drug-likeness (QED) is 0.648. The molecular weight excluding hydrogens is 416 g/mol. The summed E-state index contributed by atoms with van der Waals surface area (Å²) in [6, 6.07) is 11.4. The lowest BCUT2D eigenvalue weighted by Gasteiger charge is -2.14. The summed E-state index contributed by atoms with van der Waals surface area (Å²) in [5.74, 6) is -0.317. The Balaban J connectivity index is 1.65. The number of benzene rings is 2. The third-order valence-electron chi connectivity index (χ3n) is 4.55. The SMILES string of the molecule is CC(=O)N1CCc2cc(S(=O)(=O)n3nc(Nc4ccc(Cl)cc4)nc3N)ccc21. The second-order valence-electron chi connectivity index (χ2n) is 6.48. The molecule has 2 heterocycles. The first-order chi connectivity index (χ1) is 13.8. The van der Waals surface area contributed by atoms with E-state index in [4.69, 9.17) is 17.3 Å². The minimum absolute atomic E-state index is 0.0243. The van der Waals surface area contributed by atoms with Crippen LogP contribution in [0, 0.1) is 0 Å². The zero-order chi connectivity index (χ0) is 20.8. The number of carbonyl (C=O) groups is 1. The van der Waals surface area contributed by atoms with Gasteiger partial charge in [0.25, 0.3) is 10.0 Å². The van der Waals surface area contributed by atoms with Gasteiger partial charge in [-0.2, -0.15) is 13.4 Å². The van der Waals surface area contributed by atoms with Gasteiger partial charge in [-0.1, -0.05) is 11.6 Å². The van der Waals surface area contributed by atoms with E-state index in [1.807, 2.05) is 0 Å². The zero-order valence-electron chi connectivity index (χ0n) is 15.3. The van der Waals surface area contributed by atoms with Gasteiger partial charge in [-0.15, -0.1) is 9.19 Å². The molecule has 4 rings (SSSR count). The van der Waals surface area contributed by atoms with Crippen LogP contribution in [0.1, 0.15) is 12.5 Å². The topological polar surface area (TPSA) is 123 Å². The normalized spacial score (nSPS) is 13.4. The molecule has 0 fully saturated rings. The highest BCUT2D eigenvalue weighted by molar-refractivity contribution is 7.90. The van der Waals surface area contributed by atoms with Crippen molar-refractivity contribution in [3.8, 4) is 0 Å². The summed E-state index contributed by atoms with van der Waals surface area (Å²) < 4.78 is 26.8. The Labute approximate surface area is 172 Å². The fourth-order valence-electron chi connectivity index (χ4n) is 3.17. The van der Waals surface area contributed by atoms with Crippen molar-refractivity contribution in [3.63, 3.8) is 0 Å². The molecule has 1 aliphatic heterocycles. The highest BCUT2D eigenvalue weighted by Gasteiger charge is 2.27. The standard InChI is InChI=1S/C18H17ClN6O3S/c1-11(26)24-9-8-12-10-15(6-7-16(12)24)29(27,28)25-17(20)22-18(23-25)21-14-4-2-13(19)3-5-14/h2-7,10H,8-9H2,1H3,(H3,20,21,22,23). The van der Waals surface area contributed by atoms with Gasteiger partial charge in [0.15, 0.2) is 0 Å². The van der Waals surface area contributed by atoms with Crippen LogP contribution < -0.4 is 16.0 Å². The molecule has 150 valence electrons. The van der Waals surface area contributed by atoms with Crippen molar-refractivity contribution in [2.75, 3.05) is 22.5 Å². The Bertz CT molecular complexity index is 1210. The Morgan fingerprint density at radius 3 is 2.62 bits per heavy atom. The van der Waals surface area contributed by atoms with E-state index in [2.05, 4.69) is 15.4 Å². The molecule has 2 aromatic carbocycles. The van der Waals surface area contributed by atoms with Crippen molar-refractivity contribution < 1.29 is 13.2 Å². The molecule has 0 bridgehead atoms. The monoisotopic (exact) mass is 432 g/mol. The molecular formula is C18H17ClN6O3S. The minimum Gasteiger partial charge on any atom is -0.367 e. The molecule has 1 aromatic heterocycles. The maximum absolute atomic E-state index is 13.0. The number of nitrogens with two attached hydrogens (primary N) is 1. The first kappa shape index (κ1) is 19.2. The maximum atomic E-state index is 13.0. The molecule has 0 atom stereocenters. The summed E-state index contributed by atoms with van der Waals surface area (Å²) in [5.41, 5.74) is 7.94. The number of hydrogen-bond donors (Lipinski definition) is 2. The van der Waals surface area contributed by atoms with Crippen LogP contribution in [0.15, 0.2) is 47.4 Å². The number of anilines is 4. The number of nitrogens with zero attached hydrogens (tertiary/aromatic N) is 4. The summed E-state index contributed by atoms with van der Waals surface area (Å²) >= 11 is 5.85. The first-order valence-corrected chi connectivity index (χ1v) is 10.5. The molecule has 0 unspecified atom stereocenters. The van der Waals surface area contributed by atoms with Crippen LogP contribution in [0.25, 0.3) is 0 Å². The van der Waals surface area contributed by atoms with Gasteiger partial charge < -0.3 is 16.0 Å². The second-order valence-corrected chi connectivity index (χ2v) is 8.69. The van der Waals surface area contributed by atoms with Crippen LogP contribution in [0.2, 0.25) is 5.02 Å². The number of nitrogens with one attached hydrogen (secondary N) is 1. The van der Waals surface area contributed by atoms with E-state index in [0.29, 0.717) is 33.5 Å². The molecule has 3 aromatic rings. The van der Waals surface area contributed by atoms with Gasteiger partial charge in [-0.05, 0) is 54.4 Å². The lowest BCUT2D eigenvalue weighted by atomic mass is 10.2. The number of amides is 1. The molecule has 11 heteroatoms. The van der Waals surface area contributed by atoms with Crippen molar-refractivity contribution in [1.82, 2.24) is 14.2 Å². The first-order valence-electron chi connectivity index (χ1n) is 8.67. The Morgan fingerprint density at radius 2 is 1.93 bits per heavy atom. The Morgan fingerprint density at radius 1 is 1.21 bits per heavy atom. The van der Waals surface area contributed by atoms with Gasteiger partial charge in [0.2, 0.25) is 17.8 Å². The van der Waals surface area contributed by atoms with Crippen molar-refractivity contribution in [1.29, 1.82) is 0 Å². The van der Waals surface area contributed by atoms with E-state index in [9.17, 15) is 13.2 Å². The predicted octanol–water partition coefficient (Wildman–Crippen LogP) is 2.40. The number of rotatable bonds is 4. The van der Waals surface area contributed by atoms with Crippen molar-refractivity contribution >= 4 is 50.8 Å². The summed E-state index contributed by atoms with van der Waals surface area (Å²) in [7, 11) is -4.05. The van der Waals surface area contributed by atoms with Crippen molar-refractivity contribution in [3.05, 3.63) is 53.1 Å². The average molecular weight is 433 g/mol. The van der Waals surface area contributed by atoms with E-state index >= 15 is 0 Å². The van der Waals surface area contributed by atoms with Gasteiger partial charge in [0.05, 0.1) is 4.90 Å². The maximum Gasteiger partial charge on any atom is 0.286 e. The van der Waals surface area contributed by atoms with E-state index < -0.39 is 10.0 Å². The smallest absolute Gasteiger partial charge is 0.286 e. The van der Waals surface area contributed by atoms with Crippen LogP contribution in [0.3, 0.4) is 0 Å². The van der Waals surface area contributed by atoms with Crippen LogP contribution in [-0.4, -0.2) is 35.0 Å². The van der Waals surface area contributed by atoms with Crippen LogP contribution >= 0.6 is 11.6 Å². The fourth-order valence-corrected chi connectivity index (χ4v) is 4.50. The van der Waals surface area contributed by atoms with E-state index in [0.717, 1.165) is 5.56 Å². The van der Waals surface area contributed by atoms with Crippen molar-refractivity contribution in [2.24, 2.45) is 0 Å². The Kier molecular flexibility index (Phi) is 4.67. The number of fused-ring (bicyclic) bond motifs is 1.